The minimum absolute atomic E-state index is 0.190. The van der Waals surface area contributed by atoms with Gasteiger partial charge in [0.15, 0.2) is 0 Å². The Kier molecular flexibility index (Phi) is 10.5. The van der Waals surface area contributed by atoms with Gasteiger partial charge in [-0.05, 0) is 18.8 Å². The van der Waals surface area contributed by atoms with Crippen LogP contribution in [0.2, 0.25) is 0 Å². The van der Waals surface area contributed by atoms with Crippen LogP contribution in [-0.4, -0.2) is 16.5 Å². The first kappa shape index (κ1) is 14.5. The van der Waals surface area contributed by atoms with Crippen LogP contribution in [0.3, 0.4) is 0 Å². The van der Waals surface area contributed by atoms with Crippen molar-refractivity contribution in [2.45, 2.75) is 56.7 Å². The zero-order valence-corrected chi connectivity index (χ0v) is 10.5. The highest BCUT2D eigenvalue weighted by atomic mass is 35.5. The fourth-order valence-electron chi connectivity index (χ4n) is 1.57. The molecule has 0 aliphatic rings. The van der Waals surface area contributed by atoms with Crippen molar-refractivity contribution in [3.63, 3.8) is 0 Å². The standard InChI is InChI=1S/C11H22Cl2O/c1-2-3-4-5-6-7-10(8-9-14)11(12)13/h10-11,14H,2-9H2,1H3. The maximum atomic E-state index is 8.81. The van der Waals surface area contributed by atoms with Crippen LogP contribution >= 0.6 is 23.2 Å². The number of rotatable bonds is 9. The number of hydrogen-bond acceptors (Lipinski definition) is 1. The van der Waals surface area contributed by atoms with Crippen LogP contribution in [0.4, 0.5) is 0 Å². The predicted octanol–water partition coefficient (Wildman–Crippen LogP) is 4.15. The minimum atomic E-state index is -0.326. The van der Waals surface area contributed by atoms with E-state index in [1.165, 1.54) is 32.1 Å². The second-order valence-corrected chi connectivity index (χ2v) is 4.97. The first-order valence-electron chi connectivity index (χ1n) is 5.61. The van der Waals surface area contributed by atoms with Gasteiger partial charge in [-0.15, -0.1) is 23.2 Å². The summed E-state index contributed by atoms with van der Waals surface area (Å²) in [6, 6.07) is 0. The normalized spacial score (nSPS) is 13.5. The Morgan fingerprint density at radius 1 is 1.00 bits per heavy atom. The molecule has 0 heterocycles. The Balaban J connectivity index is 3.41. The van der Waals surface area contributed by atoms with Crippen LogP contribution in [0.15, 0.2) is 0 Å². The van der Waals surface area contributed by atoms with E-state index < -0.39 is 0 Å². The Hall–Kier alpha value is 0.540. The molecule has 0 saturated heterocycles. The van der Waals surface area contributed by atoms with E-state index in [1.807, 2.05) is 0 Å². The zero-order chi connectivity index (χ0) is 10.8. The van der Waals surface area contributed by atoms with Crippen LogP contribution in [0.5, 0.6) is 0 Å². The highest BCUT2D eigenvalue weighted by Gasteiger charge is 2.15. The van der Waals surface area contributed by atoms with Crippen molar-refractivity contribution in [3.8, 4) is 0 Å². The number of halogens is 2. The lowest BCUT2D eigenvalue weighted by Gasteiger charge is -2.16. The van der Waals surface area contributed by atoms with Gasteiger partial charge in [0.2, 0.25) is 0 Å². The predicted molar refractivity (Wildman–Crippen MR) is 64.1 cm³/mol. The van der Waals surface area contributed by atoms with Gasteiger partial charge in [-0.25, -0.2) is 0 Å². The lowest BCUT2D eigenvalue weighted by molar-refractivity contribution is 0.254. The van der Waals surface area contributed by atoms with Crippen LogP contribution in [0.1, 0.15) is 51.9 Å². The molecule has 0 radical (unpaired) electrons. The summed E-state index contributed by atoms with van der Waals surface area (Å²) in [6.07, 6.45) is 8.10. The topological polar surface area (TPSA) is 20.2 Å². The number of aliphatic hydroxyl groups is 1. The Labute approximate surface area is 97.8 Å². The molecule has 0 spiro atoms. The molecule has 86 valence electrons. The fourth-order valence-corrected chi connectivity index (χ4v) is 2.08. The number of alkyl halides is 2. The zero-order valence-electron chi connectivity index (χ0n) is 9.01. The van der Waals surface area contributed by atoms with Crippen molar-refractivity contribution in [1.82, 2.24) is 0 Å². The summed E-state index contributed by atoms with van der Waals surface area (Å²) in [5.74, 6) is 0.268. The molecule has 1 atom stereocenters. The van der Waals surface area contributed by atoms with Crippen molar-refractivity contribution in [2.75, 3.05) is 6.61 Å². The van der Waals surface area contributed by atoms with E-state index in [0.717, 1.165) is 12.8 Å². The van der Waals surface area contributed by atoms with Gasteiger partial charge >= 0.3 is 0 Å². The van der Waals surface area contributed by atoms with E-state index >= 15 is 0 Å². The van der Waals surface area contributed by atoms with E-state index in [9.17, 15) is 0 Å². The SMILES string of the molecule is CCCCCCCC(CCO)C(Cl)Cl. The van der Waals surface area contributed by atoms with E-state index in [2.05, 4.69) is 6.92 Å². The van der Waals surface area contributed by atoms with Crippen LogP contribution < -0.4 is 0 Å². The van der Waals surface area contributed by atoms with Crippen LogP contribution in [0, 0.1) is 5.92 Å². The summed E-state index contributed by atoms with van der Waals surface area (Å²) < 4.78 is 0. The maximum Gasteiger partial charge on any atom is 0.110 e. The molecule has 3 heteroatoms. The summed E-state index contributed by atoms with van der Waals surface area (Å²) in [5, 5.41) is 8.81. The Bertz CT molecular complexity index is 118. The molecule has 0 bridgehead atoms. The van der Waals surface area contributed by atoms with Crippen molar-refractivity contribution < 1.29 is 5.11 Å². The third-order valence-electron chi connectivity index (χ3n) is 2.53. The molecule has 0 fully saturated rings. The number of unbranched alkanes of at least 4 members (excludes halogenated alkanes) is 4. The van der Waals surface area contributed by atoms with Crippen molar-refractivity contribution >= 4 is 23.2 Å². The molecule has 14 heavy (non-hydrogen) atoms. The Morgan fingerprint density at radius 2 is 1.64 bits per heavy atom. The largest absolute Gasteiger partial charge is 0.396 e. The highest BCUT2D eigenvalue weighted by molar-refractivity contribution is 6.44. The van der Waals surface area contributed by atoms with Gasteiger partial charge in [0.05, 0.1) is 0 Å². The smallest absolute Gasteiger partial charge is 0.110 e. The lowest BCUT2D eigenvalue weighted by Crippen LogP contribution is -2.11. The van der Waals surface area contributed by atoms with Gasteiger partial charge in [-0.3, -0.25) is 0 Å². The average Bonchev–Trinajstić information content (AvgIpc) is 2.15. The molecule has 0 aromatic heterocycles. The van der Waals surface area contributed by atoms with E-state index in [4.69, 9.17) is 28.3 Å². The van der Waals surface area contributed by atoms with Crippen LogP contribution in [0.25, 0.3) is 0 Å². The summed E-state index contributed by atoms with van der Waals surface area (Å²) in [6.45, 7) is 2.40. The highest BCUT2D eigenvalue weighted by Crippen LogP contribution is 2.24. The molecular formula is C11H22Cl2O. The molecule has 0 aromatic carbocycles. The second-order valence-electron chi connectivity index (χ2n) is 3.81. The summed E-state index contributed by atoms with van der Waals surface area (Å²) in [4.78, 5) is -0.326. The molecule has 0 amide bonds. The fraction of sp³-hybridized carbons (Fsp3) is 1.00. The van der Waals surface area contributed by atoms with Gasteiger partial charge in [-0.1, -0.05) is 39.0 Å². The third kappa shape index (κ3) is 7.90. The molecular weight excluding hydrogens is 219 g/mol. The summed E-state index contributed by atoms with van der Waals surface area (Å²) in [5.41, 5.74) is 0. The van der Waals surface area contributed by atoms with Crippen LogP contribution in [-0.2, 0) is 0 Å². The lowest BCUT2D eigenvalue weighted by atomic mass is 9.99. The molecule has 1 N–H and O–H groups in total. The number of hydrogen-bond donors (Lipinski definition) is 1. The van der Waals surface area contributed by atoms with Crippen molar-refractivity contribution in [2.24, 2.45) is 5.92 Å². The third-order valence-corrected chi connectivity index (χ3v) is 3.25. The molecule has 0 rings (SSSR count). The molecule has 1 nitrogen and oxygen atoms in total. The summed E-state index contributed by atoms with van der Waals surface area (Å²) >= 11 is 11.6. The van der Waals surface area contributed by atoms with Gasteiger partial charge in [-0.2, -0.15) is 0 Å². The van der Waals surface area contributed by atoms with Crippen molar-refractivity contribution in [3.05, 3.63) is 0 Å². The maximum absolute atomic E-state index is 8.81. The summed E-state index contributed by atoms with van der Waals surface area (Å²) in [7, 11) is 0. The molecule has 0 aliphatic carbocycles. The van der Waals surface area contributed by atoms with Gasteiger partial charge in [0.1, 0.15) is 4.84 Å². The van der Waals surface area contributed by atoms with Crippen molar-refractivity contribution in [1.29, 1.82) is 0 Å². The quantitative estimate of drug-likeness (QED) is 0.475. The molecule has 0 saturated carbocycles. The van der Waals surface area contributed by atoms with Gasteiger partial charge in [0.25, 0.3) is 0 Å². The minimum Gasteiger partial charge on any atom is -0.396 e. The second kappa shape index (κ2) is 10.1. The molecule has 1 unspecified atom stereocenters. The van der Waals surface area contributed by atoms with Gasteiger partial charge in [0, 0.05) is 6.61 Å². The average molecular weight is 241 g/mol. The first-order valence-corrected chi connectivity index (χ1v) is 6.48. The first-order chi connectivity index (χ1) is 6.72. The molecule has 0 aromatic rings. The monoisotopic (exact) mass is 240 g/mol. The molecule has 0 aliphatic heterocycles. The van der Waals surface area contributed by atoms with E-state index in [1.54, 1.807) is 0 Å². The van der Waals surface area contributed by atoms with E-state index in [-0.39, 0.29) is 17.4 Å². The van der Waals surface area contributed by atoms with E-state index in [0.29, 0.717) is 0 Å². The number of aliphatic hydroxyl groups excluding tert-OH is 1. The van der Waals surface area contributed by atoms with Gasteiger partial charge < -0.3 is 5.11 Å². The Morgan fingerprint density at radius 3 is 2.14 bits per heavy atom.